The molecule has 0 aliphatic carbocycles. The molecule has 0 aromatic carbocycles. The van der Waals surface area contributed by atoms with Gasteiger partial charge in [-0.25, -0.2) is 0 Å². The van der Waals surface area contributed by atoms with Crippen LogP contribution in [0.1, 0.15) is 6.42 Å². The highest BCUT2D eigenvalue weighted by atomic mass is 32.2. The van der Waals surface area contributed by atoms with Crippen LogP contribution in [-0.2, 0) is 0 Å². The molecule has 0 fully saturated rings. The summed E-state index contributed by atoms with van der Waals surface area (Å²) in [6.07, 6.45) is 4.09. The summed E-state index contributed by atoms with van der Waals surface area (Å²) in [7, 11) is 2.06. The molecule has 60 valence electrons. The van der Waals surface area contributed by atoms with Crippen molar-refractivity contribution in [1.82, 2.24) is 5.32 Å². The van der Waals surface area contributed by atoms with Gasteiger partial charge in [0.25, 0.3) is 0 Å². The molecular formula is C6H16BNOS. The van der Waals surface area contributed by atoms with Crippen molar-refractivity contribution in [3.05, 3.63) is 0 Å². The Morgan fingerprint density at radius 2 is 2.40 bits per heavy atom. The highest BCUT2D eigenvalue weighted by Gasteiger charge is 2.02. The van der Waals surface area contributed by atoms with Gasteiger partial charge in [0, 0.05) is 6.04 Å². The summed E-state index contributed by atoms with van der Waals surface area (Å²) in [5, 5.41) is 12.0. The number of rotatable bonds is 6. The standard InChI is InChI=1S/C6H16BNOS/c1-10-3-2-6(4-9)8-5-7/h6,8-9H,2-5,7H2,1H3/t6-/m0/s1. The minimum atomic E-state index is 0.258. The van der Waals surface area contributed by atoms with Gasteiger partial charge in [0.1, 0.15) is 7.85 Å². The van der Waals surface area contributed by atoms with Crippen LogP contribution in [0.25, 0.3) is 0 Å². The van der Waals surface area contributed by atoms with Crippen LogP contribution in [0.15, 0.2) is 0 Å². The Morgan fingerprint density at radius 3 is 2.80 bits per heavy atom. The minimum Gasteiger partial charge on any atom is -0.395 e. The van der Waals surface area contributed by atoms with Gasteiger partial charge in [-0.15, -0.1) is 0 Å². The maximum Gasteiger partial charge on any atom is 0.119 e. The third-order valence-corrected chi connectivity index (χ3v) is 2.03. The molecule has 2 N–H and O–H groups in total. The zero-order valence-corrected chi connectivity index (χ0v) is 7.58. The predicted molar refractivity (Wildman–Crippen MR) is 50.4 cm³/mol. The predicted octanol–water partition coefficient (Wildman–Crippen LogP) is -0.719. The first-order valence-electron chi connectivity index (χ1n) is 3.68. The SMILES string of the molecule is BCN[C@H](CO)CCSC. The van der Waals surface area contributed by atoms with E-state index in [-0.39, 0.29) is 6.61 Å². The van der Waals surface area contributed by atoms with Crippen molar-refractivity contribution in [1.29, 1.82) is 0 Å². The second-order valence-corrected chi connectivity index (χ2v) is 3.20. The van der Waals surface area contributed by atoms with E-state index in [0.29, 0.717) is 6.04 Å². The van der Waals surface area contributed by atoms with Gasteiger partial charge in [-0.2, -0.15) is 11.8 Å². The van der Waals surface area contributed by atoms with Gasteiger partial charge < -0.3 is 10.4 Å². The van der Waals surface area contributed by atoms with Gasteiger partial charge in [0.2, 0.25) is 0 Å². The summed E-state index contributed by atoms with van der Waals surface area (Å²) in [6, 6.07) is 0.303. The van der Waals surface area contributed by atoms with Crippen LogP contribution in [0.4, 0.5) is 0 Å². The fourth-order valence-corrected chi connectivity index (χ4v) is 1.33. The molecule has 0 saturated heterocycles. The highest BCUT2D eigenvalue weighted by molar-refractivity contribution is 7.98. The van der Waals surface area contributed by atoms with Gasteiger partial charge in [-0.05, 0) is 24.9 Å². The van der Waals surface area contributed by atoms with Crippen LogP contribution >= 0.6 is 11.8 Å². The monoisotopic (exact) mass is 161 g/mol. The Bertz CT molecular complexity index is 74.8. The summed E-state index contributed by atoms with van der Waals surface area (Å²) in [6.45, 7) is 0.258. The molecule has 0 heterocycles. The molecule has 0 rings (SSSR count). The number of hydrogen-bond acceptors (Lipinski definition) is 3. The van der Waals surface area contributed by atoms with Crippen molar-refractivity contribution in [2.24, 2.45) is 0 Å². The Labute approximate surface area is 68.2 Å². The lowest BCUT2D eigenvalue weighted by molar-refractivity contribution is 0.245. The first-order chi connectivity index (χ1) is 4.85. The molecule has 0 amide bonds. The average molecular weight is 161 g/mol. The minimum absolute atomic E-state index is 0.258. The first-order valence-corrected chi connectivity index (χ1v) is 5.07. The number of hydrogen-bond donors (Lipinski definition) is 2. The fourth-order valence-electron chi connectivity index (χ4n) is 0.807. The maximum atomic E-state index is 8.81. The molecule has 2 nitrogen and oxygen atoms in total. The average Bonchev–Trinajstić information content (AvgIpc) is 1.98. The van der Waals surface area contributed by atoms with Crippen molar-refractivity contribution in [3.8, 4) is 0 Å². The van der Waals surface area contributed by atoms with Gasteiger partial charge in [0.15, 0.2) is 0 Å². The van der Waals surface area contributed by atoms with Crippen molar-refractivity contribution in [2.45, 2.75) is 12.5 Å². The number of nitrogens with one attached hydrogen (secondary N) is 1. The molecule has 0 saturated carbocycles. The van der Waals surface area contributed by atoms with Crippen molar-refractivity contribution in [2.75, 3.05) is 25.1 Å². The van der Waals surface area contributed by atoms with Crippen molar-refractivity contribution < 1.29 is 5.11 Å². The van der Waals surface area contributed by atoms with Gasteiger partial charge in [-0.1, -0.05) is 0 Å². The third-order valence-electron chi connectivity index (χ3n) is 1.38. The number of aliphatic hydroxyl groups excluding tert-OH is 1. The van der Waals surface area contributed by atoms with E-state index in [1.165, 1.54) is 0 Å². The zero-order valence-electron chi connectivity index (χ0n) is 6.76. The maximum absolute atomic E-state index is 8.81. The molecule has 0 bridgehead atoms. The molecule has 10 heavy (non-hydrogen) atoms. The van der Waals surface area contributed by atoms with Gasteiger partial charge in [0.05, 0.1) is 6.61 Å². The lowest BCUT2D eigenvalue weighted by atomic mass is 10.1. The number of aliphatic hydroxyl groups is 1. The summed E-state index contributed by atoms with van der Waals surface area (Å²) >= 11 is 1.82. The molecule has 1 atom stereocenters. The first kappa shape index (κ1) is 10.3. The molecule has 0 aromatic heterocycles. The smallest absolute Gasteiger partial charge is 0.119 e. The largest absolute Gasteiger partial charge is 0.395 e. The Kier molecular flexibility index (Phi) is 7.69. The van der Waals surface area contributed by atoms with Gasteiger partial charge >= 0.3 is 0 Å². The quantitative estimate of drug-likeness (QED) is 0.504. The fraction of sp³-hybridized carbons (Fsp3) is 1.00. The topological polar surface area (TPSA) is 32.3 Å². The van der Waals surface area contributed by atoms with Crippen LogP contribution in [0.2, 0.25) is 0 Å². The molecule has 0 unspecified atom stereocenters. The second kappa shape index (κ2) is 7.44. The molecule has 0 aromatic rings. The molecule has 0 spiro atoms. The summed E-state index contributed by atoms with van der Waals surface area (Å²) in [5.74, 6) is 1.12. The number of thioether (sulfide) groups is 1. The van der Waals surface area contributed by atoms with Crippen LogP contribution in [0.5, 0.6) is 0 Å². The Balaban J connectivity index is 3.21. The lowest BCUT2D eigenvalue weighted by Crippen LogP contribution is -2.33. The molecule has 0 aliphatic heterocycles. The molecule has 4 heteroatoms. The summed E-state index contributed by atoms with van der Waals surface area (Å²) < 4.78 is 0. The van der Waals surface area contributed by atoms with E-state index in [9.17, 15) is 0 Å². The van der Waals surface area contributed by atoms with E-state index >= 15 is 0 Å². The van der Waals surface area contributed by atoms with E-state index in [2.05, 4.69) is 19.4 Å². The summed E-state index contributed by atoms with van der Waals surface area (Å²) in [4.78, 5) is 0. The van der Waals surface area contributed by atoms with E-state index in [1.807, 2.05) is 11.8 Å². The van der Waals surface area contributed by atoms with E-state index < -0.39 is 0 Å². The van der Waals surface area contributed by atoms with Crippen LogP contribution in [0.3, 0.4) is 0 Å². The lowest BCUT2D eigenvalue weighted by Gasteiger charge is -2.13. The summed E-state index contributed by atoms with van der Waals surface area (Å²) in [5.41, 5.74) is 0. The van der Waals surface area contributed by atoms with E-state index in [4.69, 9.17) is 5.11 Å². The second-order valence-electron chi connectivity index (χ2n) is 2.22. The molecular weight excluding hydrogens is 145 g/mol. The van der Waals surface area contributed by atoms with Crippen LogP contribution in [0, 0.1) is 0 Å². The third kappa shape index (κ3) is 5.15. The van der Waals surface area contributed by atoms with Crippen LogP contribution in [-0.4, -0.2) is 44.1 Å². The zero-order chi connectivity index (χ0) is 7.82. The van der Waals surface area contributed by atoms with Gasteiger partial charge in [-0.3, -0.25) is 0 Å². The molecule has 0 radical (unpaired) electrons. The Morgan fingerprint density at radius 1 is 1.70 bits per heavy atom. The highest BCUT2D eigenvalue weighted by Crippen LogP contribution is 1.99. The van der Waals surface area contributed by atoms with Crippen LogP contribution < -0.4 is 5.32 Å². The van der Waals surface area contributed by atoms with Crippen molar-refractivity contribution >= 4 is 19.6 Å². The van der Waals surface area contributed by atoms with Crippen molar-refractivity contribution in [3.63, 3.8) is 0 Å². The van der Waals surface area contributed by atoms with E-state index in [0.717, 1.165) is 18.6 Å². The Hall–Kier alpha value is 0.335. The van der Waals surface area contributed by atoms with E-state index in [1.54, 1.807) is 0 Å². The normalized spacial score (nSPS) is 13.4. The molecule has 0 aliphatic rings.